The molecule has 0 aromatic heterocycles. The second-order valence-corrected chi connectivity index (χ2v) is 4.27. The smallest absolute Gasteiger partial charge is 0.0414 e. The molecule has 0 aliphatic heterocycles. The summed E-state index contributed by atoms with van der Waals surface area (Å²) >= 11 is 0. The molecule has 1 N–H and O–H groups in total. The fourth-order valence-corrected chi connectivity index (χ4v) is 1.57. The molecule has 19 heavy (non-hydrogen) atoms. The maximum atomic E-state index is 4.03. The van der Waals surface area contributed by atoms with E-state index in [0.29, 0.717) is 0 Å². The lowest BCUT2D eigenvalue weighted by Crippen LogP contribution is -2.01. The SMILES string of the molecule is C=C(Nc1ccc(C#CC)cc1C)/C(C)=C/C=NC. The van der Waals surface area contributed by atoms with Gasteiger partial charge in [-0.2, -0.15) is 0 Å². The molecule has 2 nitrogen and oxygen atoms in total. The molecular formula is C17H20N2. The standard InChI is InChI=1S/C17H20N2/c1-6-7-16-8-9-17(14(3)12-16)19-15(4)13(2)10-11-18-5/h8-12,19H,4H2,1-3,5H3/b13-10+,18-11?. The third-order valence-corrected chi connectivity index (χ3v) is 2.73. The molecule has 0 saturated carbocycles. The van der Waals surface area contributed by atoms with Crippen LogP contribution in [0.15, 0.2) is 47.1 Å². The van der Waals surface area contributed by atoms with Crippen molar-refractivity contribution in [2.75, 3.05) is 12.4 Å². The van der Waals surface area contributed by atoms with Crippen molar-refractivity contribution < 1.29 is 0 Å². The number of aliphatic imine (C=N–C) groups is 1. The first kappa shape index (κ1) is 14.8. The fourth-order valence-electron chi connectivity index (χ4n) is 1.57. The van der Waals surface area contributed by atoms with Gasteiger partial charge in [-0.15, -0.1) is 5.92 Å². The number of anilines is 1. The van der Waals surface area contributed by atoms with Crippen LogP contribution in [0, 0.1) is 18.8 Å². The molecule has 0 fully saturated rings. The Morgan fingerprint density at radius 1 is 1.42 bits per heavy atom. The summed E-state index contributed by atoms with van der Waals surface area (Å²) in [6.07, 6.45) is 3.69. The molecule has 0 unspecified atom stereocenters. The molecular weight excluding hydrogens is 232 g/mol. The Bertz CT molecular complexity index is 581. The summed E-state index contributed by atoms with van der Waals surface area (Å²) in [5, 5.41) is 3.32. The van der Waals surface area contributed by atoms with Crippen molar-refractivity contribution in [3.63, 3.8) is 0 Å². The molecule has 1 rings (SSSR count). The summed E-state index contributed by atoms with van der Waals surface area (Å²) in [6, 6.07) is 6.10. The van der Waals surface area contributed by atoms with Crippen LogP contribution in [0.5, 0.6) is 0 Å². The van der Waals surface area contributed by atoms with Crippen LogP contribution in [-0.4, -0.2) is 13.3 Å². The van der Waals surface area contributed by atoms with Gasteiger partial charge in [-0.1, -0.05) is 12.5 Å². The van der Waals surface area contributed by atoms with Gasteiger partial charge in [0.15, 0.2) is 0 Å². The van der Waals surface area contributed by atoms with Gasteiger partial charge in [0.2, 0.25) is 0 Å². The van der Waals surface area contributed by atoms with Crippen LogP contribution in [0.25, 0.3) is 0 Å². The van der Waals surface area contributed by atoms with Gasteiger partial charge in [-0.05, 0) is 56.2 Å². The second-order valence-electron chi connectivity index (χ2n) is 4.27. The second kappa shape index (κ2) is 7.23. The van der Waals surface area contributed by atoms with E-state index in [1.807, 2.05) is 32.1 Å². The minimum absolute atomic E-state index is 0.873. The first-order chi connectivity index (χ1) is 9.08. The summed E-state index contributed by atoms with van der Waals surface area (Å²) in [5.41, 5.74) is 5.16. The van der Waals surface area contributed by atoms with Gasteiger partial charge >= 0.3 is 0 Å². The van der Waals surface area contributed by atoms with Crippen LogP contribution in [0.4, 0.5) is 5.69 Å². The van der Waals surface area contributed by atoms with Crippen molar-refractivity contribution in [3.8, 4) is 11.8 Å². The van der Waals surface area contributed by atoms with Crippen LogP contribution in [-0.2, 0) is 0 Å². The quantitative estimate of drug-likeness (QED) is 0.490. The van der Waals surface area contributed by atoms with E-state index >= 15 is 0 Å². The van der Waals surface area contributed by atoms with Crippen molar-refractivity contribution in [2.24, 2.45) is 4.99 Å². The largest absolute Gasteiger partial charge is 0.356 e. The molecule has 0 aliphatic rings. The highest BCUT2D eigenvalue weighted by Crippen LogP contribution is 2.19. The van der Waals surface area contributed by atoms with E-state index in [-0.39, 0.29) is 0 Å². The lowest BCUT2D eigenvalue weighted by atomic mass is 10.1. The highest BCUT2D eigenvalue weighted by atomic mass is 14.9. The number of nitrogens with one attached hydrogen (secondary N) is 1. The summed E-state index contributed by atoms with van der Waals surface area (Å²) < 4.78 is 0. The number of hydrogen-bond donors (Lipinski definition) is 1. The summed E-state index contributed by atoms with van der Waals surface area (Å²) in [5.74, 6) is 5.95. The van der Waals surface area contributed by atoms with Crippen LogP contribution in [0.2, 0.25) is 0 Å². The van der Waals surface area contributed by atoms with E-state index in [1.165, 1.54) is 0 Å². The van der Waals surface area contributed by atoms with Crippen molar-refractivity contribution >= 4 is 11.9 Å². The Balaban J connectivity index is 2.88. The van der Waals surface area contributed by atoms with E-state index in [2.05, 4.69) is 41.7 Å². The summed E-state index contributed by atoms with van der Waals surface area (Å²) in [6.45, 7) is 9.94. The molecule has 1 aromatic carbocycles. The number of rotatable bonds is 4. The van der Waals surface area contributed by atoms with Gasteiger partial charge < -0.3 is 5.32 Å². The lowest BCUT2D eigenvalue weighted by molar-refractivity contribution is 1.33. The number of benzene rings is 1. The predicted octanol–water partition coefficient (Wildman–Crippen LogP) is 3.94. The Hall–Kier alpha value is -2.27. The first-order valence-electron chi connectivity index (χ1n) is 6.17. The topological polar surface area (TPSA) is 24.4 Å². The molecule has 1 aromatic rings. The minimum atomic E-state index is 0.873. The monoisotopic (exact) mass is 252 g/mol. The van der Waals surface area contributed by atoms with E-state index in [0.717, 1.165) is 28.1 Å². The third kappa shape index (κ3) is 4.48. The van der Waals surface area contributed by atoms with E-state index in [1.54, 1.807) is 13.3 Å². The van der Waals surface area contributed by atoms with Gasteiger partial charge in [0.05, 0.1) is 0 Å². The molecule has 2 heteroatoms. The van der Waals surface area contributed by atoms with Gasteiger partial charge in [-0.3, -0.25) is 4.99 Å². The minimum Gasteiger partial charge on any atom is -0.356 e. The van der Waals surface area contributed by atoms with Gasteiger partial charge in [0.25, 0.3) is 0 Å². The average Bonchev–Trinajstić information content (AvgIpc) is 2.39. The number of hydrogen-bond acceptors (Lipinski definition) is 2. The average molecular weight is 252 g/mol. The zero-order valence-electron chi connectivity index (χ0n) is 12.0. The van der Waals surface area contributed by atoms with Gasteiger partial charge in [-0.25, -0.2) is 0 Å². The van der Waals surface area contributed by atoms with Crippen LogP contribution < -0.4 is 5.32 Å². The van der Waals surface area contributed by atoms with Crippen molar-refractivity contribution in [2.45, 2.75) is 20.8 Å². The maximum absolute atomic E-state index is 4.03. The van der Waals surface area contributed by atoms with Crippen molar-refractivity contribution in [1.82, 2.24) is 0 Å². The van der Waals surface area contributed by atoms with Crippen molar-refractivity contribution in [3.05, 3.63) is 53.3 Å². The molecule has 0 atom stereocenters. The molecule has 0 spiro atoms. The maximum Gasteiger partial charge on any atom is 0.0414 e. The van der Waals surface area contributed by atoms with E-state index in [4.69, 9.17) is 0 Å². The number of nitrogens with zero attached hydrogens (tertiary/aromatic N) is 1. The molecule has 98 valence electrons. The van der Waals surface area contributed by atoms with Crippen LogP contribution >= 0.6 is 0 Å². The van der Waals surface area contributed by atoms with Crippen molar-refractivity contribution in [1.29, 1.82) is 0 Å². The van der Waals surface area contributed by atoms with Gasteiger partial charge in [0.1, 0.15) is 0 Å². The number of allylic oxidation sites excluding steroid dienone is 2. The normalized spacial score (nSPS) is 11.1. The first-order valence-corrected chi connectivity index (χ1v) is 6.17. The molecule has 0 bridgehead atoms. The van der Waals surface area contributed by atoms with Crippen LogP contribution in [0.3, 0.4) is 0 Å². The highest BCUT2D eigenvalue weighted by Gasteiger charge is 2.01. The fraction of sp³-hybridized carbons (Fsp3) is 0.235. The molecule has 0 radical (unpaired) electrons. The zero-order valence-corrected chi connectivity index (χ0v) is 12.0. The Kier molecular flexibility index (Phi) is 5.63. The summed E-state index contributed by atoms with van der Waals surface area (Å²) in [7, 11) is 1.75. The lowest BCUT2D eigenvalue weighted by Gasteiger charge is -2.12. The third-order valence-electron chi connectivity index (χ3n) is 2.73. The number of aryl methyl sites for hydroxylation is 1. The molecule has 0 aliphatic carbocycles. The Morgan fingerprint density at radius 3 is 2.74 bits per heavy atom. The predicted molar refractivity (Wildman–Crippen MR) is 84.7 cm³/mol. The van der Waals surface area contributed by atoms with Crippen LogP contribution in [0.1, 0.15) is 25.0 Å². The Labute approximate surface area is 116 Å². The zero-order chi connectivity index (χ0) is 14.3. The van der Waals surface area contributed by atoms with E-state index in [9.17, 15) is 0 Å². The molecule has 0 saturated heterocycles. The molecule has 0 heterocycles. The highest BCUT2D eigenvalue weighted by molar-refractivity contribution is 5.74. The van der Waals surface area contributed by atoms with Gasteiger partial charge in [0, 0.05) is 30.2 Å². The molecule has 0 amide bonds. The summed E-state index contributed by atoms with van der Waals surface area (Å²) in [4.78, 5) is 3.93. The van der Waals surface area contributed by atoms with E-state index < -0.39 is 0 Å². The Morgan fingerprint density at radius 2 is 2.16 bits per heavy atom.